The number of benzene rings is 2. The molecule has 0 radical (unpaired) electrons. The van der Waals surface area contributed by atoms with Gasteiger partial charge in [0.2, 0.25) is 5.89 Å². The summed E-state index contributed by atoms with van der Waals surface area (Å²) in [6, 6.07) is 12.3. The van der Waals surface area contributed by atoms with Crippen LogP contribution in [0.5, 0.6) is 0 Å². The van der Waals surface area contributed by atoms with Crippen molar-refractivity contribution < 1.29 is 23.8 Å². The molecule has 1 aromatic heterocycles. The zero-order chi connectivity index (χ0) is 21.3. The Balaban J connectivity index is 1.66. The second-order valence-corrected chi connectivity index (χ2v) is 7.07. The highest BCUT2D eigenvalue weighted by molar-refractivity contribution is 6.31. The summed E-state index contributed by atoms with van der Waals surface area (Å²) in [5.74, 6) is -0.581. The number of aromatic nitrogens is 1. The van der Waals surface area contributed by atoms with E-state index in [1.54, 1.807) is 36.4 Å². The van der Waals surface area contributed by atoms with E-state index in [1.807, 2.05) is 6.07 Å². The lowest BCUT2D eigenvalue weighted by Gasteiger charge is -2.15. The van der Waals surface area contributed by atoms with Crippen molar-refractivity contribution in [3.8, 4) is 11.5 Å². The van der Waals surface area contributed by atoms with Crippen LogP contribution in [0.25, 0.3) is 22.6 Å². The number of aliphatic hydroxyl groups excluding tert-OH is 1. The van der Waals surface area contributed by atoms with Crippen molar-refractivity contribution in [1.82, 2.24) is 9.88 Å². The van der Waals surface area contributed by atoms with E-state index in [-0.39, 0.29) is 36.9 Å². The standard InChI is InChI=1S/C21H18ClN3O5/c1-29-21(28)15-11-25(7-8-26)20(27)18(15)23-14-4-2-3-12(9-14)19-24-16-10-13(22)5-6-17(16)30-19/h2-6,9-10,23,26H,7-8,11H2,1H3. The Kier molecular flexibility index (Phi) is 5.43. The number of oxazole rings is 1. The maximum atomic E-state index is 12.7. The first-order valence-corrected chi connectivity index (χ1v) is 9.53. The van der Waals surface area contributed by atoms with Crippen molar-refractivity contribution in [1.29, 1.82) is 0 Å². The van der Waals surface area contributed by atoms with Gasteiger partial charge >= 0.3 is 5.97 Å². The van der Waals surface area contributed by atoms with Gasteiger partial charge in [-0.2, -0.15) is 0 Å². The van der Waals surface area contributed by atoms with Crippen LogP contribution in [-0.2, 0) is 14.3 Å². The molecule has 3 aromatic rings. The Bertz CT molecular complexity index is 1170. The van der Waals surface area contributed by atoms with Gasteiger partial charge in [0, 0.05) is 22.8 Å². The molecule has 1 aliphatic rings. The second kappa shape index (κ2) is 8.17. The number of hydrogen-bond donors (Lipinski definition) is 2. The molecule has 30 heavy (non-hydrogen) atoms. The number of hydrogen-bond acceptors (Lipinski definition) is 7. The molecule has 4 rings (SSSR count). The Morgan fingerprint density at radius 2 is 2.17 bits per heavy atom. The summed E-state index contributed by atoms with van der Waals surface area (Å²) in [6.07, 6.45) is 0. The van der Waals surface area contributed by atoms with E-state index < -0.39 is 5.97 Å². The normalized spacial score (nSPS) is 14.0. The van der Waals surface area contributed by atoms with Crippen molar-refractivity contribution in [3.63, 3.8) is 0 Å². The van der Waals surface area contributed by atoms with E-state index in [1.165, 1.54) is 12.0 Å². The predicted molar refractivity (Wildman–Crippen MR) is 111 cm³/mol. The van der Waals surface area contributed by atoms with Crippen molar-refractivity contribution in [2.45, 2.75) is 0 Å². The number of anilines is 1. The summed E-state index contributed by atoms with van der Waals surface area (Å²) in [7, 11) is 1.26. The Labute approximate surface area is 176 Å². The van der Waals surface area contributed by atoms with Crippen molar-refractivity contribution >= 4 is 40.3 Å². The van der Waals surface area contributed by atoms with E-state index in [2.05, 4.69) is 10.3 Å². The van der Waals surface area contributed by atoms with Crippen LogP contribution in [0.2, 0.25) is 5.02 Å². The molecule has 8 nitrogen and oxygen atoms in total. The maximum absolute atomic E-state index is 12.7. The van der Waals surface area contributed by atoms with Crippen LogP contribution in [0, 0.1) is 0 Å². The van der Waals surface area contributed by atoms with E-state index in [4.69, 9.17) is 25.9 Å². The Hall–Kier alpha value is -3.36. The summed E-state index contributed by atoms with van der Waals surface area (Å²) in [4.78, 5) is 30.6. The molecule has 2 heterocycles. The summed E-state index contributed by atoms with van der Waals surface area (Å²) in [6.45, 7) is -0.0132. The number of methoxy groups -OCH3 is 1. The van der Waals surface area contributed by atoms with Gasteiger partial charge in [-0.1, -0.05) is 17.7 Å². The molecular weight excluding hydrogens is 410 g/mol. The summed E-state index contributed by atoms with van der Waals surface area (Å²) >= 11 is 6.01. The Morgan fingerprint density at radius 3 is 2.93 bits per heavy atom. The van der Waals surface area contributed by atoms with Crippen LogP contribution in [0.4, 0.5) is 5.69 Å². The SMILES string of the molecule is COC(=O)C1=C(Nc2cccc(-c3nc4cc(Cl)ccc4o3)c2)C(=O)N(CCO)C1. The van der Waals surface area contributed by atoms with Crippen molar-refractivity contribution in [2.24, 2.45) is 0 Å². The van der Waals surface area contributed by atoms with Gasteiger partial charge in [-0.15, -0.1) is 0 Å². The number of fused-ring (bicyclic) bond motifs is 1. The first-order chi connectivity index (χ1) is 14.5. The molecule has 0 fully saturated rings. The lowest BCUT2D eigenvalue weighted by atomic mass is 10.1. The maximum Gasteiger partial charge on any atom is 0.337 e. The molecule has 0 saturated carbocycles. The highest BCUT2D eigenvalue weighted by atomic mass is 35.5. The van der Waals surface area contributed by atoms with E-state index >= 15 is 0 Å². The van der Waals surface area contributed by atoms with Crippen LogP contribution in [0.1, 0.15) is 0 Å². The molecule has 2 N–H and O–H groups in total. The molecule has 0 aliphatic carbocycles. The second-order valence-electron chi connectivity index (χ2n) is 6.63. The fourth-order valence-electron chi connectivity index (χ4n) is 3.25. The summed E-state index contributed by atoms with van der Waals surface area (Å²) in [5, 5.41) is 12.7. The average molecular weight is 428 g/mol. The molecule has 1 aliphatic heterocycles. The van der Waals surface area contributed by atoms with E-state index in [9.17, 15) is 9.59 Å². The number of ether oxygens (including phenoxy) is 1. The van der Waals surface area contributed by atoms with Crippen LogP contribution in [0.3, 0.4) is 0 Å². The monoisotopic (exact) mass is 427 g/mol. The van der Waals surface area contributed by atoms with Gasteiger partial charge in [0.25, 0.3) is 5.91 Å². The third kappa shape index (κ3) is 3.74. The van der Waals surface area contributed by atoms with Crippen molar-refractivity contribution in [3.05, 3.63) is 58.8 Å². The average Bonchev–Trinajstić information content (AvgIpc) is 3.30. The van der Waals surface area contributed by atoms with Gasteiger partial charge in [0.05, 0.1) is 25.8 Å². The van der Waals surface area contributed by atoms with Gasteiger partial charge in [-0.3, -0.25) is 4.79 Å². The lowest BCUT2D eigenvalue weighted by molar-refractivity contribution is -0.136. The number of carbonyl (C=O) groups excluding carboxylic acids is 2. The minimum atomic E-state index is -0.599. The third-order valence-corrected chi connectivity index (χ3v) is 4.92. The molecule has 0 unspecified atom stereocenters. The highest BCUT2D eigenvalue weighted by Crippen LogP contribution is 2.29. The van der Waals surface area contributed by atoms with E-state index in [0.717, 1.165) is 0 Å². The number of nitrogens with one attached hydrogen (secondary N) is 1. The molecule has 0 saturated heterocycles. The highest BCUT2D eigenvalue weighted by Gasteiger charge is 2.34. The topological polar surface area (TPSA) is 105 Å². The van der Waals surface area contributed by atoms with Crippen LogP contribution in [-0.4, -0.2) is 53.7 Å². The van der Waals surface area contributed by atoms with Gasteiger partial charge in [0.1, 0.15) is 11.2 Å². The number of β-amino-alcohol motifs (C(OH)–C–C–N with tert-alkyl or cyclic N) is 1. The van der Waals surface area contributed by atoms with Crippen LogP contribution >= 0.6 is 11.6 Å². The molecule has 0 bridgehead atoms. The first-order valence-electron chi connectivity index (χ1n) is 9.15. The van der Waals surface area contributed by atoms with Gasteiger partial charge in [-0.05, 0) is 36.4 Å². The number of aliphatic hydroxyl groups is 1. The minimum Gasteiger partial charge on any atom is -0.466 e. The predicted octanol–water partition coefficient (Wildman–Crippen LogP) is 2.82. The fourth-order valence-corrected chi connectivity index (χ4v) is 3.41. The lowest BCUT2D eigenvalue weighted by Crippen LogP contribution is -2.31. The molecule has 2 aromatic carbocycles. The third-order valence-electron chi connectivity index (χ3n) is 4.68. The zero-order valence-electron chi connectivity index (χ0n) is 16.0. The zero-order valence-corrected chi connectivity index (χ0v) is 16.8. The number of esters is 1. The van der Waals surface area contributed by atoms with E-state index in [0.29, 0.717) is 33.3 Å². The largest absolute Gasteiger partial charge is 0.466 e. The van der Waals surface area contributed by atoms with Crippen molar-refractivity contribution in [2.75, 3.05) is 32.1 Å². The fraction of sp³-hybridized carbons (Fsp3) is 0.190. The molecular formula is C21H18ClN3O5. The minimum absolute atomic E-state index is 0.0694. The number of amides is 1. The molecule has 0 spiro atoms. The van der Waals surface area contributed by atoms with Crippen LogP contribution in [0.15, 0.2) is 58.2 Å². The molecule has 154 valence electrons. The molecule has 9 heteroatoms. The molecule has 1 amide bonds. The summed E-state index contributed by atoms with van der Waals surface area (Å²) < 4.78 is 10.6. The smallest absolute Gasteiger partial charge is 0.337 e. The van der Waals surface area contributed by atoms with Gasteiger partial charge < -0.3 is 24.5 Å². The summed E-state index contributed by atoms with van der Waals surface area (Å²) in [5.41, 5.74) is 2.83. The van der Waals surface area contributed by atoms with Gasteiger partial charge in [0.15, 0.2) is 5.58 Å². The van der Waals surface area contributed by atoms with Gasteiger partial charge in [-0.25, -0.2) is 9.78 Å². The number of halogens is 1. The quantitative estimate of drug-likeness (QED) is 0.583. The molecule has 0 atom stereocenters. The number of rotatable bonds is 6. The van der Waals surface area contributed by atoms with Crippen LogP contribution < -0.4 is 5.32 Å². The number of carbonyl (C=O) groups is 2. The Morgan fingerprint density at radius 1 is 1.33 bits per heavy atom. The number of nitrogens with zero attached hydrogens (tertiary/aromatic N) is 2. The first kappa shape index (κ1) is 19.9.